The number of phenols is 1. The van der Waals surface area contributed by atoms with E-state index in [2.05, 4.69) is 10.5 Å². The first-order valence-corrected chi connectivity index (χ1v) is 6.88. The van der Waals surface area contributed by atoms with Crippen LogP contribution in [0.3, 0.4) is 0 Å². The van der Waals surface area contributed by atoms with Crippen LogP contribution in [-0.4, -0.2) is 31.3 Å². The molecule has 0 aliphatic heterocycles. The average Bonchev–Trinajstić information content (AvgIpc) is 2.49. The summed E-state index contributed by atoms with van der Waals surface area (Å²) in [5, 5.41) is 13.6. The molecule has 2 rings (SSSR count). The largest absolute Gasteiger partial charge is 0.507 e. The number of anilines is 1. The van der Waals surface area contributed by atoms with Gasteiger partial charge in [-0.3, -0.25) is 4.79 Å². The van der Waals surface area contributed by atoms with Crippen LogP contribution in [0.25, 0.3) is 0 Å². The van der Waals surface area contributed by atoms with Crippen LogP contribution in [0.1, 0.15) is 21.5 Å². The van der Waals surface area contributed by atoms with Gasteiger partial charge in [0, 0.05) is 30.9 Å². The topological polar surface area (TPSA) is 64.9 Å². The fraction of sp³-hybridized carbons (Fsp3) is 0.176. The number of amides is 1. The van der Waals surface area contributed by atoms with Crippen molar-refractivity contribution in [1.82, 2.24) is 5.43 Å². The van der Waals surface area contributed by atoms with Crippen LogP contribution in [0.2, 0.25) is 0 Å². The molecular formula is C17H19N3O2. The van der Waals surface area contributed by atoms with Crippen LogP contribution >= 0.6 is 0 Å². The number of benzene rings is 2. The van der Waals surface area contributed by atoms with E-state index in [-0.39, 0.29) is 11.7 Å². The summed E-state index contributed by atoms with van der Waals surface area (Å²) >= 11 is 0. The third-order valence-electron chi connectivity index (χ3n) is 3.18. The normalized spacial score (nSPS) is 10.7. The van der Waals surface area contributed by atoms with Gasteiger partial charge >= 0.3 is 0 Å². The molecule has 1 amide bonds. The number of carbonyl (C=O) groups excluding carboxylic acids is 1. The second kappa shape index (κ2) is 6.76. The zero-order valence-electron chi connectivity index (χ0n) is 12.9. The molecule has 2 N–H and O–H groups in total. The summed E-state index contributed by atoms with van der Waals surface area (Å²) in [5.41, 5.74) is 5.43. The third kappa shape index (κ3) is 3.85. The predicted molar refractivity (Wildman–Crippen MR) is 88.7 cm³/mol. The van der Waals surface area contributed by atoms with E-state index < -0.39 is 0 Å². The molecule has 2 aromatic carbocycles. The Kier molecular flexibility index (Phi) is 4.78. The minimum Gasteiger partial charge on any atom is -0.507 e. The van der Waals surface area contributed by atoms with Crippen molar-refractivity contribution in [2.45, 2.75) is 6.92 Å². The molecule has 2 aromatic rings. The first kappa shape index (κ1) is 15.6. The van der Waals surface area contributed by atoms with Crippen LogP contribution < -0.4 is 10.3 Å². The lowest BCUT2D eigenvalue weighted by Gasteiger charge is -2.12. The van der Waals surface area contributed by atoms with E-state index in [0.29, 0.717) is 11.1 Å². The molecule has 0 spiro atoms. The number of carbonyl (C=O) groups is 1. The average molecular weight is 297 g/mol. The number of aromatic hydroxyl groups is 1. The van der Waals surface area contributed by atoms with Gasteiger partial charge in [-0.15, -0.1) is 0 Å². The smallest absolute Gasteiger partial charge is 0.271 e. The number of nitrogens with zero attached hydrogens (tertiary/aromatic N) is 2. The summed E-state index contributed by atoms with van der Waals surface area (Å²) in [4.78, 5) is 14.0. The Balaban J connectivity index is 2.06. The number of hydrogen-bond donors (Lipinski definition) is 2. The Labute approximate surface area is 129 Å². The molecule has 0 radical (unpaired) electrons. The third-order valence-corrected chi connectivity index (χ3v) is 3.18. The first-order chi connectivity index (χ1) is 10.5. The minimum absolute atomic E-state index is 0.132. The quantitative estimate of drug-likeness (QED) is 0.673. The van der Waals surface area contributed by atoms with Crippen molar-refractivity contribution in [3.05, 3.63) is 59.2 Å². The van der Waals surface area contributed by atoms with Gasteiger partial charge in [0.25, 0.3) is 5.91 Å². The maximum Gasteiger partial charge on any atom is 0.271 e. The first-order valence-electron chi connectivity index (χ1n) is 6.88. The Morgan fingerprint density at radius 2 is 2.00 bits per heavy atom. The monoisotopic (exact) mass is 297 g/mol. The molecule has 0 aliphatic carbocycles. The van der Waals surface area contributed by atoms with E-state index in [9.17, 15) is 9.90 Å². The Hall–Kier alpha value is -2.82. The molecule has 22 heavy (non-hydrogen) atoms. The SMILES string of the molecule is Cc1ccc(C=NNC(=O)c2cccc(N(C)C)c2)c(O)c1. The standard InChI is InChI=1S/C17H19N3O2/c1-12-7-8-14(16(21)9-12)11-18-19-17(22)13-5-4-6-15(10-13)20(2)3/h4-11,21H,1-3H3,(H,19,22). The second-order valence-corrected chi connectivity index (χ2v) is 5.21. The molecule has 114 valence electrons. The molecule has 5 nitrogen and oxygen atoms in total. The summed E-state index contributed by atoms with van der Waals surface area (Å²) in [5.74, 6) is -0.167. The molecule has 0 fully saturated rings. The highest BCUT2D eigenvalue weighted by Gasteiger charge is 2.06. The summed E-state index contributed by atoms with van der Waals surface area (Å²) in [7, 11) is 3.82. The molecule has 0 heterocycles. The van der Waals surface area contributed by atoms with Gasteiger partial charge in [0.05, 0.1) is 6.21 Å². The number of hydrazone groups is 1. The summed E-state index contributed by atoms with van der Waals surface area (Å²) in [6, 6.07) is 12.5. The van der Waals surface area contributed by atoms with Crippen molar-refractivity contribution in [2.75, 3.05) is 19.0 Å². The van der Waals surface area contributed by atoms with E-state index in [1.165, 1.54) is 6.21 Å². The number of rotatable bonds is 4. The maximum absolute atomic E-state index is 12.0. The predicted octanol–water partition coefficient (Wildman–Crippen LogP) is 2.53. The van der Waals surface area contributed by atoms with E-state index >= 15 is 0 Å². The van der Waals surface area contributed by atoms with Crippen LogP contribution in [0.4, 0.5) is 5.69 Å². The van der Waals surface area contributed by atoms with Gasteiger partial charge in [-0.25, -0.2) is 5.43 Å². The van der Waals surface area contributed by atoms with Crippen LogP contribution in [0, 0.1) is 6.92 Å². The molecule has 0 unspecified atom stereocenters. The lowest BCUT2D eigenvalue weighted by molar-refractivity contribution is 0.0955. The molecule has 0 aliphatic rings. The van der Waals surface area contributed by atoms with E-state index in [1.807, 2.05) is 44.1 Å². The van der Waals surface area contributed by atoms with Crippen molar-refractivity contribution in [2.24, 2.45) is 5.10 Å². The van der Waals surface area contributed by atoms with Crippen LogP contribution in [0.5, 0.6) is 5.75 Å². The molecule has 0 aromatic heterocycles. The van der Waals surface area contributed by atoms with Crippen molar-refractivity contribution in [1.29, 1.82) is 0 Å². The van der Waals surface area contributed by atoms with Gasteiger partial charge in [-0.2, -0.15) is 5.10 Å². The summed E-state index contributed by atoms with van der Waals surface area (Å²) < 4.78 is 0. The fourth-order valence-electron chi connectivity index (χ4n) is 1.91. The van der Waals surface area contributed by atoms with Gasteiger partial charge in [0.1, 0.15) is 5.75 Å². The van der Waals surface area contributed by atoms with E-state index in [4.69, 9.17) is 0 Å². The zero-order chi connectivity index (χ0) is 16.1. The minimum atomic E-state index is -0.299. The lowest BCUT2D eigenvalue weighted by Crippen LogP contribution is -2.18. The summed E-state index contributed by atoms with van der Waals surface area (Å²) in [6.45, 7) is 1.89. The highest BCUT2D eigenvalue weighted by Crippen LogP contribution is 2.16. The summed E-state index contributed by atoms with van der Waals surface area (Å²) in [6.07, 6.45) is 1.42. The fourth-order valence-corrected chi connectivity index (χ4v) is 1.91. The highest BCUT2D eigenvalue weighted by molar-refractivity contribution is 5.96. The van der Waals surface area contributed by atoms with Gasteiger partial charge < -0.3 is 10.0 Å². The van der Waals surface area contributed by atoms with E-state index in [0.717, 1.165) is 11.3 Å². The number of hydrogen-bond acceptors (Lipinski definition) is 4. The Morgan fingerprint density at radius 1 is 1.23 bits per heavy atom. The van der Waals surface area contributed by atoms with Gasteiger partial charge in [0.15, 0.2) is 0 Å². The molecule has 0 saturated heterocycles. The highest BCUT2D eigenvalue weighted by atomic mass is 16.3. The lowest BCUT2D eigenvalue weighted by atomic mass is 10.1. The van der Waals surface area contributed by atoms with Crippen molar-refractivity contribution in [3.8, 4) is 5.75 Å². The molecule has 5 heteroatoms. The van der Waals surface area contributed by atoms with Crippen molar-refractivity contribution < 1.29 is 9.90 Å². The van der Waals surface area contributed by atoms with Crippen LogP contribution in [-0.2, 0) is 0 Å². The number of aryl methyl sites for hydroxylation is 1. The van der Waals surface area contributed by atoms with Crippen molar-refractivity contribution in [3.63, 3.8) is 0 Å². The Morgan fingerprint density at radius 3 is 2.68 bits per heavy atom. The second-order valence-electron chi connectivity index (χ2n) is 5.21. The van der Waals surface area contributed by atoms with Gasteiger partial charge in [-0.1, -0.05) is 12.1 Å². The van der Waals surface area contributed by atoms with Crippen LogP contribution in [0.15, 0.2) is 47.6 Å². The van der Waals surface area contributed by atoms with Gasteiger partial charge in [0.2, 0.25) is 0 Å². The zero-order valence-corrected chi connectivity index (χ0v) is 12.9. The van der Waals surface area contributed by atoms with E-state index in [1.54, 1.807) is 24.3 Å². The Bertz CT molecular complexity index is 709. The number of phenolic OH excluding ortho intramolecular Hbond substituents is 1. The number of nitrogens with one attached hydrogen (secondary N) is 1. The molecule has 0 bridgehead atoms. The molecular weight excluding hydrogens is 278 g/mol. The molecule has 0 atom stereocenters. The van der Waals surface area contributed by atoms with Crippen molar-refractivity contribution >= 4 is 17.8 Å². The maximum atomic E-state index is 12.0. The molecule has 0 saturated carbocycles. The van der Waals surface area contributed by atoms with Gasteiger partial charge in [-0.05, 0) is 42.8 Å².